The highest BCUT2D eigenvalue weighted by molar-refractivity contribution is 5.28. The van der Waals surface area contributed by atoms with Gasteiger partial charge in [0.05, 0.1) is 0 Å². The maximum Gasteiger partial charge on any atom is -0.0281 e. The molecule has 10 aromatic carbocycles. The monoisotopic (exact) mass is 1030 g/mol. The molecular formula is C78H96. The lowest BCUT2D eigenvalue weighted by atomic mass is 10.1. The van der Waals surface area contributed by atoms with Crippen LogP contribution in [-0.2, 0) is 25.7 Å². The zero-order chi connectivity index (χ0) is 57.1. The molecule has 0 aliphatic rings. The van der Waals surface area contributed by atoms with E-state index in [2.05, 4.69) is 253 Å². The first kappa shape index (κ1) is 68.2. The van der Waals surface area contributed by atoms with Gasteiger partial charge in [0.25, 0.3) is 0 Å². The summed E-state index contributed by atoms with van der Waals surface area (Å²) < 4.78 is 0. The van der Waals surface area contributed by atoms with Crippen molar-refractivity contribution in [2.24, 2.45) is 0 Å². The zero-order valence-electron chi connectivity index (χ0n) is 50.0. The van der Waals surface area contributed by atoms with E-state index in [1.807, 2.05) is 121 Å². The van der Waals surface area contributed by atoms with Crippen LogP contribution in [0.1, 0.15) is 107 Å². The third kappa shape index (κ3) is 41.4. The lowest BCUT2D eigenvalue weighted by Crippen LogP contribution is -1.78. The molecule has 0 aromatic heterocycles. The fourth-order valence-corrected chi connectivity index (χ4v) is 7.54. The summed E-state index contributed by atoms with van der Waals surface area (Å²) in [6.45, 7) is 25.6. The lowest BCUT2D eigenvalue weighted by molar-refractivity contribution is 0.922. The van der Waals surface area contributed by atoms with Crippen LogP contribution in [0.5, 0.6) is 0 Å². The van der Waals surface area contributed by atoms with E-state index in [0.717, 1.165) is 12.8 Å². The van der Waals surface area contributed by atoms with Crippen molar-refractivity contribution in [3.05, 3.63) is 358 Å². The molecule has 0 N–H and O–H groups in total. The van der Waals surface area contributed by atoms with Gasteiger partial charge in [-0.15, -0.1) is 0 Å². The van der Waals surface area contributed by atoms with E-state index in [1.165, 1.54) is 92.4 Å². The van der Waals surface area contributed by atoms with Crippen LogP contribution < -0.4 is 0 Å². The molecule has 10 rings (SSSR count). The molecule has 0 spiro atoms. The van der Waals surface area contributed by atoms with Gasteiger partial charge < -0.3 is 0 Å². The van der Waals surface area contributed by atoms with Crippen LogP contribution in [0.15, 0.2) is 291 Å². The number of rotatable bonds is 6. The predicted molar refractivity (Wildman–Crippen MR) is 349 cm³/mol. The second-order valence-corrected chi connectivity index (χ2v) is 19.1. The van der Waals surface area contributed by atoms with Crippen LogP contribution in [-0.4, -0.2) is 0 Å². The van der Waals surface area contributed by atoms with E-state index in [4.69, 9.17) is 0 Å². The molecule has 10 aromatic rings. The van der Waals surface area contributed by atoms with Crippen LogP contribution >= 0.6 is 0 Å². The van der Waals surface area contributed by atoms with Crippen molar-refractivity contribution in [3.63, 3.8) is 0 Å². The molecule has 0 saturated carbocycles. The summed E-state index contributed by atoms with van der Waals surface area (Å²) in [5.74, 6) is 0. The molecule has 78 heavy (non-hydrogen) atoms. The van der Waals surface area contributed by atoms with Gasteiger partial charge in [0, 0.05) is 0 Å². The average Bonchev–Trinajstić information content (AvgIpc) is 3.46. The summed E-state index contributed by atoms with van der Waals surface area (Å²) in [5.41, 5.74) is 16.5. The van der Waals surface area contributed by atoms with Gasteiger partial charge >= 0.3 is 0 Å². The van der Waals surface area contributed by atoms with Crippen molar-refractivity contribution in [1.82, 2.24) is 0 Å². The minimum atomic E-state index is 1.14. The molecule has 0 amide bonds. The van der Waals surface area contributed by atoms with Crippen molar-refractivity contribution in [3.8, 4) is 0 Å². The summed E-state index contributed by atoms with van der Waals surface area (Å²) in [6.07, 6.45) is 7.18. The van der Waals surface area contributed by atoms with E-state index in [9.17, 15) is 0 Å². The molecule has 0 heteroatoms. The quantitative estimate of drug-likeness (QED) is 0.156. The van der Waals surface area contributed by atoms with Gasteiger partial charge in [-0.25, -0.2) is 0 Å². The third-order valence-electron chi connectivity index (χ3n) is 11.2. The van der Waals surface area contributed by atoms with E-state index < -0.39 is 0 Å². The molecule has 408 valence electrons. The molecule has 0 atom stereocenters. The van der Waals surface area contributed by atoms with Crippen molar-refractivity contribution in [2.75, 3.05) is 0 Å². The van der Waals surface area contributed by atoms with Gasteiger partial charge in [-0.3, -0.25) is 0 Å². The van der Waals surface area contributed by atoms with Crippen LogP contribution in [0.3, 0.4) is 0 Å². The maximum atomic E-state index is 2.20. The Morgan fingerprint density at radius 3 is 0.462 bits per heavy atom. The van der Waals surface area contributed by atoms with E-state index in [-0.39, 0.29) is 0 Å². The van der Waals surface area contributed by atoms with Crippen molar-refractivity contribution >= 4 is 0 Å². The van der Waals surface area contributed by atoms with E-state index >= 15 is 0 Å². The highest BCUT2D eigenvalue weighted by Gasteiger charge is 1.89. The van der Waals surface area contributed by atoms with Gasteiger partial charge in [-0.1, -0.05) is 376 Å². The first-order chi connectivity index (χ1) is 37.9. The van der Waals surface area contributed by atoms with Crippen molar-refractivity contribution < 1.29 is 0 Å². The molecule has 0 bridgehead atoms. The minimum absolute atomic E-state index is 1.14. The van der Waals surface area contributed by atoms with Gasteiger partial charge in [-0.05, 0) is 103 Å². The Bertz CT molecular complexity index is 2430. The molecule has 0 aliphatic carbocycles. The number of benzene rings is 10. The molecule has 0 nitrogen and oxygen atoms in total. The van der Waals surface area contributed by atoms with E-state index in [0.29, 0.717) is 0 Å². The Labute approximate surface area is 477 Å². The Morgan fingerprint density at radius 1 is 0.179 bits per heavy atom. The van der Waals surface area contributed by atoms with E-state index in [1.54, 1.807) is 0 Å². The highest BCUT2D eigenvalue weighted by Crippen LogP contribution is 2.08. The predicted octanol–water partition coefficient (Wildman–Crippen LogP) is 22.4. The fourth-order valence-electron chi connectivity index (χ4n) is 7.54. The third-order valence-corrected chi connectivity index (χ3v) is 11.2. The largest absolute Gasteiger partial charge is 0.0651 e. The Morgan fingerprint density at radius 2 is 0.333 bits per heavy atom. The molecule has 0 radical (unpaired) electrons. The lowest BCUT2D eigenvalue weighted by Gasteiger charge is -1.96. The number of hydrogen-bond acceptors (Lipinski definition) is 0. The summed E-state index contributed by atoms with van der Waals surface area (Å²) in [4.78, 5) is 0. The minimum Gasteiger partial charge on any atom is -0.0651 e. The smallest absolute Gasteiger partial charge is 0.0281 e. The SMILES string of the molecule is CCCc1ccccc1.CCCc1ccccc1.CCc1ccccc1.CCc1ccccc1.Cc1cc(C)cc(C)c1.Cc1cc(C)cc(C)c1.Cc1ccccc1.Cc1ccccc1.c1ccccc1.c1ccccc1. The van der Waals surface area contributed by atoms with Crippen LogP contribution in [0.25, 0.3) is 0 Å². The number of hydrogen-bond donors (Lipinski definition) is 0. The summed E-state index contributed by atoms with van der Waals surface area (Å²) >= 11 is 0. The van der Waals surface area contributed by atoms with Gasteiger partial charge in [0.15, 0.2) is 0 Å². The Hall–Kier alpha value is -7.80. The first-order valence-electron chi connectivity index (χ1n) is 28.2. The second kappa shape index (κ2) is 47.6. The van der Waals surface area contributed by atoms with Gasteiger partial charge in [0.1, 0.15) is 0 Å². The van der Waals surface area contributed by atoms with Crippen LogP contribution in [0.4, 0.5) is 0 Å². The maximum absolute atomic E-state index is 2.20. The molecular weight excluding hydrogens is 937 g/mol. The summed E-state index contributed by atoms with van der Waals surface area (Å²) in [7, 11) is 0. The topological polar surface area (TPSA) is 0 Å². The van der Waals surface area contributed by atoms with Crippen molar-refractivity contribution in [1.29, 1.82) is 0 Å². The molecule has 0 heterocycles. The average molecular weight is 1030 g/mol. The van der Waals surface area contributed by atoms with Gasteiger partial charge in [-0.2, -0.15) is 0 Å². The normalized spacial score (nSPS) is 9.08. The molecule has 0 fully saturated rings. The molecule has 0 unspecified atom stereocenters. The molecule has 0 saturated heterocycles. The second-order valence-electron chi connectivity index (χ2n) is 19.1. The number of aryl methyl sites for hydroxylation is 12. The highest BCUT2D eigenvalue weighted by atomic mass is 14.0. The fraction of sp³-hybridized carbons (Fsp3) is 0.231. The zero-order valence-corrected chi connectivity index (χ0v) is 50.0. The van der Waals surface area contributed by atoms with Crippen LogP contribution in [0, 0.1) is 55.4 Å². The van der Waals surface area contributed by atoms with Crippen LogP contribution in [0.2, 0.25) is 0 Å². The summed E-state index contributed by atoms with van der Waals surface area (Å²) in [5, 5.41) is 0. The molecule has 0 aliphatic heterocycles. The first-order valence-corrected chi connectivity index (χ1v) is 28.2. The summed E-state index contributed by atoms with van der Waals surface area (Å²) in [6, 6.07) is 99.7. The Balaban J connectivity index is 0.000000435. The Kier molecular flexibility index (Phi) is 41.7. The standard InChI is InChI=1S/4C9H12.2C8H10.2C7H8.2C6H6/c2*1-7-4-8(2)6-9(3)5-7;2*1-2-6-9-7-4-3-5-8-9;2*1-2-8-6-4-3-5-7-8;2*1-7-5-3-2-4-6-7;2*1-2-4-6-5-3-1/h2*4-6H,1-3H3;2*3-5,7-8H,2,6H2,1H3;2*3-7H,2H2,1H3;2*2-6H,1H3;2*1-6H. The van der Waals surface area contributed by atoms with Crippen molar-refractivity contribution in [2.45, 2.75) is 122 Å². The van der Waals surface area contributed by atoms with Gasteiger partial charge in [0.2, 0.25) is 0 Å².